The van der Waals surface area contributed by atoms with Crippen molar-refractivity contribution in [2.75, 3.05) is 105 Å². The number of rotatable bonds is 16. The third-order valence-corrected chi connectivity index (χ3v) is 15.1. The Morgan fingerprint density at radius 3 is 1.17 bits per heavy atom. The van der Waals surface area contributed by atoms with Gasteiger partial charge in [-0.1, -0.05) is 39.9 Å². The number of hydrogen-bond acceptors (Lipinski definition) is 19. The molecule has 0 radical (unpaired) electrons. The van der Waals surface area contributed by atoms with Crippen LogP contribution in [0.5, 0.6) is 0 Å². The maximum atomic E-state index is 12.0. The quantitative estimate of drug-likeness (QED) is 0.115. The van der Waals surface area contributed by atoms with Crippen molar-refractivity contribution < 1.29 is 43.3 Å². The molecule has 5 unspecified atom stereocenters. The van der Waals surface area contributed by atoms with Crippen molar-refractivity contribution in [3.63, 3.8) is 0 Å². The molecule has 0 spiro atoms. The van der Waals surface area contributed by atoms with Gasteiger partial charge in [0.25, 0.3) is 0 Å². The fraction of sp³-hybridized carbons (Fsp3) is 0.389. The average molecular weight is 1320 g/mol. The number of carbonyl (C=O) groups is 5. The molecule has 4 aromatic rings. The Hall–Kier alpha value is -9.52. The molecule has 5 atom stereocenters. The van der Waals surface area contributed by atoms with Gasteiger partial charge in [-0.3, -0.25) is 19.4 Å². The zero-order valence-corrected chi connectivity index (χ0v) is 50.2. The molecule has 5 fully saturated rings. The molecular weight excluding hydrogens is 1260 g/mol. The summed E-state index contributed by atoms with van der Waals surface area (Å²) in [6.45, 7) is 22.7. The van der Waals surface area contributed by atoms with Crippen LogP contribution in [0.3, 0.4) is 0 Å². The van der Waals surface area contributed by atoms with Crippen molar-refractivity contribution in [3.8, 4) is 0 Å². The van der Waals surface area contributed by atoms with Crippen LogP contribution in [0.2, 0.25) is 0 Å². The molecule has 0 aromatic carbocycles. The van der Waals surface area contributed by atoms with E-state index < -0.39 is 0 Å². The Labute approximate surface area is 518 Å². The largest absolute Gasteiger partial charge is 0.345 e. The Morgan fingerprint density at radius 2 is 0.830 bits per heavy atom. The van der Waals surface area contributed by atoms with E-state index in [0.29, 0.717) is 78.8 Å². The van der Waals surface area contributed by atoms with Gasteiger partial charge in [-0.2, -0.15) is 45.5 Å². The lowest BCUT2D eigenvalue weighted by Gasteiger charge is -2.20. The summed E-state index contributed by atoms with van der Waals surface area (Å²) in [5.41, 5.74) is 3.76. The van der Waals surface area contributed by atoms with E-state index in [1.54, 1.807) is 119 Å². The van der Waals surface area contributed by atoms with Gasteiger partial charge in [-0.25, -0.2) is 38.0 Å². The number of hydroxylamine groups is 8. The van der Waals surface area contributed by atoms with E-state index in [1.807, 2.05) is 36.3 Å². The van der Waals surface area contributed by atoms with Crippen LogP contribution in [0.25, 0.3) is 22.8 Å². The molecular formula is C54H65IN24O9. The van der Waals surface area contributed by atoms with Gasteiger partial charge in [0.05, 0.1) is 168 Å². The van der Waals surface area contributed by atoms with Gasteiger partial charge < -0.3 is 29.4 Å². The Morgan fingerprint density at radius 1 is 0.477 bits per heavy atom. The highest BCUT2D eigenvalue weighted by Gasteiger charge is 2.45. The van der Waals surface area contributed by atoms with Gasteiger partial charge >= 0.3 is 30.2 Å². The first-order valence-corrected chi connectivity index (χ1v) is 28.9. The smallest absolute Gasteiger partial charge is 0.319 e. The number of urea groups is 5. The second-order valence-electron chi connectivity index (χ2n) is 20.3. The minimum Gasteiger partial charge on any atom is -0.319 e. The fourth-order valence-electron chi connectivity index (χ4n) is 10.5. The Bertz CT molecular complexity index is 3150. The minimum absolute atomic E-state index is 0.0419. The summed E-state index contributed by atoms with van der Waals surface area (Å²) in [7, 11) is 1.83. The van der Waals surface area contributed by atoms with Crippen molar-refractivity contribution in [2.45, 2.75) is 30.2 Å². The SMILES string of the molecule is C1=CN=NC1.C=CCON1C(=O)N2CC(I)=CC1C2.C=CCON1C(=O)N2CC(n3ccnn3)=CC1C2.C=CCON1C(=O)N2CC(n3ccnn3)=CC1C2.C=CCON1C(=O)N2CC(n3nccn3)=CC1C2.CN1C(=O)N2CC(n3ccnn3)=CC1C2. The predicted octanol–water partition coefficient (Wildman–Crippen LogP) is 3.45. The highest BCUT2D eigenvalue weighted by Crippen LogP contribution is 2.31. The van der Waals surface area contributed by atoms with Crippen molar-refractivity contribution in [3.05, 3.63) is 146 Å². The number of azo groups is 1. The molecule has 15 rings (SSSR count). The van der Waals surface area contributed by atoms with Crippen molar-refractivity contribution >= 4 is 75.5 Å². The van der Waals surface area contributed by atoms with Gasteiger partial charge in [0.15, 0.2) is 0 Å². The van der Waals surface area contributed by atoms with Crippen LogP contribution in [0, 0.1) is 0 Å². The summed E-state index contributed by atoms with van der Waals surface area (Å²) in [6, 6.07) is -0.315. The highest BCUT2D eigenvalue weighted by atomic mass is 127. The predicted molar refractivity (Wildman–Crippen MR) is 322 cm³/mol. The van der Waals surface area contributed by atoms with E-state index in [9.17, 15) is 24.0 Å². The molecule has 33 nitrogen and oxygen atoms in total. The van der Waals surface area contributed by atoms with Crippen LogP contribution in [0.4, 0.5) is 24.0 Å². The summed E-state index contributed by atoms with van der Waals surface area (Å²) >= 11 is 2.25. The fourth-order valence-corrected chi connectivity index (χ4v) is 11.3. The number of likely N-dealkylation sites (N-methyl/N-ethyl adjacent to an activating group) is 1. The van der Waals surface area contributed by atoms with E-state index in [-0.39, 0.29) is 60.4 Å². The number of amides is 10. The molecule has 4 aromatic heterocycles. The molecule has 5 saturated heterocycles. The zero-order chi connectivity index (χ0) is 61.7. The lowest BCUT2D eigenvalue weighted by molar-refractivity contribution is -0.107. The Balaban J connectivity index is 0.000000119. The second-order valence-corrected chi connectivity index (χ2v) is 21.7. The van der Waals surface area contributed by atoms with Crippen LogP contribution >= 0.6 is 22.6 Å². The zero-order valence-electron chi connectivity index (χ0n) is 48.1. The highest BCUT2D eigenvalue weighted by molar-refractivity contribution is 14.1. The van der Waals surface area contributed by atoms with Crippen molar-refractivity contribution in [2.24, 2.45) is 10.2 Å². The summed E-state index contributed by atoms with van der Waals surface area (Å²) in [6.07, 6.45) is 33.6. The van der Waals surface area contributed by atoms with Crippen LogP contribution in [0.1, 0.15) is 0 Å². The maximum Gasteiger partial charge on any atom is 0.345 e. The van der Waals surface area contributed by atoms with Gasteiger partial charge in [-0.05, 0) is 59.0 Å². The molecule has 0 aliphatic carbocycles. The standard InChI is InChI=1S/3C11H13N5O2.C9H11IN2O2.C9H11N5O.C3H4N2/c2*1-2-5-18-16-10-6-9(15-4-3-12-13-15)7-14(8-10)11(16)17;1-2-5-18-15-9-6-10(16-12-3-4-13-16)8-14(7-9)11(15)17;1-2-3-14-12-8-4-7(10)5-11(6-8)9(12)13;1-12-7-4-8(14-3-2-10-11-14)6-13(5-7)9(12)15;1-2-4-5-3-1/h2*2-4,6,10H,1,5,7-8H2;2-4,6,9H,1,5,7-8H2;2,4,8H,1,3,5-6H2;2-4,7H,5-6H2,1H3;1-2H,3H2. The molecule has 88 heavy (non-hydrogen) atoms. The van der Waals surface area contributed by atoms with Crippen molar-refractivity contribution in [1.29, 1.82) is 0 Å². The lowest BCUT2D eigenvalue weighted by Crippen LogP contribution is -2.33. The maximum absolute atomic E-state index is 12.0. The summed E-state index contributed by atoms with van der Waals surface area (Å²) in [4.78, 5) is 92.9. The van der Waals surface area contributed by atoms with Crippen LogP contribution in [-0.2, 0) is 19.4 Å². The monoisotopic (exact) mass is 1320 g/mol. The number of halogens is 1. The number of nitrogens with zero attached hydrogens (tertiary/aromatic N) is 24. The third kappa shape index (κ3) is 14.1. The van der Waals surface area contributed by atoms with E-state index in [2.05, 4.69) is 112 Å². The molecule has 10 amide bonds. The molecule has 11 aliphatic heterocycles. The molecule has 11 aliphatic rings. The summed E-state index contributed by atoms with van der Waals surface area (Å²) < 4.78 is 6.25. The van der Waals surface area contributed by atoms with Gasteiger partial charge in [-0.15, -0.1) is 41.6 Å². The van der Waals surface area contributed by atoms with Crippen molar-refractivity contribution in [1.82, 2.24) is 110 Å². The molecule has 462 valence electrons. The third-order valence-electron chi connectivity index (χ3n) is 14.4. The molecule has 0 saturated carbocycles. The normalized spacial score (nSPS) is 23.0. The minimum atomic E-state index is -0.125. The van der Waals surface area contributed by atoms with Gasteiger partial charge in [0.1, 0.15) is 0 Å². The van der Waals surface area contributed by atoms with Gasteiger partial charge in [0, 0.05) is 49.6 Å². The Kier molecular flexibility index (Phi) is 20.1. The molecule has 0 N–H and O–H groups in total. The van der Waals surface area contributed by atoms with E-state index in [4.69, 9.17) is 19.4 Å². The second kappa shape index (κ2) is 28.8. The lowest BCUT2D eigenvalue weighted by atomic mass is 10.2. The van der Waals surface area contributed by atoms with E-state index >= 15 is 0 Å². The van der Waals surface area contributed by atoms with Crippen LogP contribution in [-0.4, -0.2) is 275 Å². The van der Waals surface area contributed by atoms with Crippen LogP contribution < -0.4 is 0 Å². The van der Waals surface area contributed by atoms with E-state index in [0.717, 1.165) is 42.4 Å². The van der Waals surface area contributed by atoms with E-state index in [1.165, 1.54) is 28.6 Å². The topological polar surface area (TPSA) is 302 Å². The molecule has 15 heterocycles. The number of aromatic nitrogens is 12. The number of hydrogen-bond donors (Lipinski definition) is 0. The van der Waals surface area contributed by atoms with Crippen LogP contribution in [0.15, 0.2) is 157 Å². The first-order valence-electron chi connectivity index (χ1n) is 27.8. The number of fused-ring (bicyclic) bond motifs is 10. The summed E-state index contributed by atoms with van der Waals surface area (Å²) in [5.74, 6) is 0. The molecule has 10 bridgehead atoms. The first kappa shape index (κ1) is 61.6. The number of carbonyl (C=O) groups excluding carboxylic acids is 5. The van der Waals surface area contributed by atoms with Gasteiger partial charge in [0.2, 0.25) is 0 Å². The first-order chi connectivity index (χ1) is 42.8. The average Bonchev–Trinajstić information content (AvgIpc) is 1.95. The summed E-state index contributed by atoms with van der Waals surface area (Å²) in [5, 5.41) is 44.0. The molecule has 34 heteroatoms.